The van der Waals surface area contributed by atoms with Gasteiger partial charge >= 0.3 is 11.9 Å². The molecule has 2 fully saturated rings. The van der Waals surface area contributed by atoms with E-state index in [9.17, 15) is 24.0 Å². The molecule has 1 aliphatic carbocycles. The Labute approximate surface area is 247 Å². The number of rotatable bonds is 8. The molecule has 0 N–H and O–H groups in total. The van der Waals surface area contributed by atoms with Gasteiger partial charge in [0.05, 0.1) is 29.3 Å². The molecule has 0 unspecified atom stereocenters. The molecule has 3 atom stereocenters. The zero-order valence-electron chi connectivity index (χ0n) is 23.0. The zero-order chi connectivity index (χ0) is 29.9. The molecular weight excluding hydrogens is 550 g/mol. The van der Waals surface area contributed by atoms with Crippen LogP contribution >= 0.6 is 0 Å². The van der Waals surface area contributed by atoms with Crippen molar-refractivity contribution in [2.45, 2.75) is 25.2 Å². The molecular formula is C34H27NO8. The van der Waals surface area contributed by atoms with Crippen LogP contribution in [0.3, 0.4) is 0 Å². The van der Waals surface area contributed by atoms with Crippen molar-refractivity contribution in [3.63, 3.8) is 0 Å². The Hall–Kier alpha value is -5.31. The number of imide groups is 1. The first-order valence-corrected chi connectivity index (χ1v) is 14.0. The third-order valence-corrected chi connectivity index (χ3v) is 7.98. The average molecular weight is 578 g/mol. The minimum absolute atomic E-state index is 0.0460. The second kappa shape index (κ2) is 11.9. The summed E-state index contributed by atoms with van der Waals surface area (Å²) in [5.74, 6) is -2.71. The summed E-state index contributed by atoms with van der Waals surface area (Å²) in [6, 6.07) is 25.0. The molecule has 1 saturated carbocycles. The molecule has 9 nitrogen and oxygen atoms in total. The predicted octanol–water partition coefficient (Wildman–Crippen LogP) is 5.61. The number of amides is 2. The number of fused-ring (bicyclic) bond motifs is 1. The third-order valence-electron chi connectivity index (χ3n) is 7.98. The standard InChI is InChI=1S/C34H27NO8/c36-29(22-11-14-26(15-12-22)43-34(40)30-10-5-17-41-30)20-42-33(39)24-8-4-9-25(18-24)35-31(37)27-16-13-23(19-28(27)32(35)38)21-6-2-1-3-7-21/h1-12,14-15,17-18,23,27-28H,13,16,19-20H2/t23-,27+,28+/m0/s1. The maximum Gasteiger partial charge on any atom is 0.379 e. The Morgan fingerprint density at radius 2 is 1.53 bits per heavy atom. The van der Waals surface area contributed by atoms with Gasteiger partial charge in [-0.3, -0.25) is 19.3 Å². The lowest BCUT2D eigenvalue weighted by Crippen LogP contribution is -2.31. The Morgan fingerprint density at radius 3 is 2.28 bits per heavy atom. The number of esters is 2. The number of hydrogen-bond acceptors (Lipinski definition) is 8. The number of ether oxygens (including phenoxy) is 2. The molecule has 1 aromatic heterocycles. The summed E-state index contributed by atoms with van der Waals surface area (Å²) in [5.41, 5.74) is 1.84. The van der Waals surface area contributed by atoms with E-state index in [1.165, 1.54) is 59.2 Å². The van der Waals surface area contributed by atoms with Gasteiger partial charge in [-0.15, -0.1) is 0 Å². The summed E-state index contributed by atoms with van der Waals surface area (Å²) < 4.78 is 15.4. The fraction of sp³-hybridized carbons (Fsp3) is 0.206. The van der Waals surface area contributed by atoms with Crippen molar-refractivity contribution in [2.24, 2.45) is 11.8 Å². The van der Waals surface area contributed by atoms with Gasteiger partial charge in [0.15, 0.2) is 12.4 Å². The topological polar surface area (TPSA) is 120 Å². The number of furan rings is 1. The molecule has 3 aromatic carbocycles. The van der Waals surface area contributed by atoms with Crippen LogP contribution in [-0.2, 0) is 14.3 Å². The number of carbonyl (C=O) groups excluding carboxylic acids is 5. The van der Waals surface area contributed by atoms with E-state index in [0.717, 1.165) is 6.42 Å². The highest BCUT2D eigenvalue weighted by atomic mass is 16.5. The lowest BCUT2D eigenvalue weighted by molar-refractivity contribution is -0.122. The number of benzene rings is 3. The van der Waals surface area contributed by atoms with Gasteiger partial charge in [0.1, 0.15) is 5.75 Å². The van der Waals surface area contributed by atoms with Crippen LogP contribution in [0.4, 0.5) is 5.69 Å². The van der Waals surface area contributed by atoms with Crippen LogP contribution in [0.2, 0.25) is 0 Å². The summed E-state index contributed by atoms with van der Waals surface area (Å²) in [7, 11) is 0. The fourth-order valence-corrected chi connectivity index (χ4v) is 5.79. The van der Waals surface area contributed by atoms with Crippen LogP contribution in [0.15, 0.2) is 102 Å². The third kappa shape index (κ3) is 5.74. The molecule has 1 aliphatic heterocycles. The van der Waals surface area contributed by atoms with Crippen LogP contribution in [0, 0.1) is 11.8 Å². The first-order chi connectivity index (χ1) is 20.9. The summed E-state index contributed by atoms with van der Waals surface area (Å²) in [6.07, 6.45) is 3.42. The molecule has 9 heteroatoms. The fourth-order valence-electron chi connectivity index (χ4n) is 5.79. The van der Waals surface area contributed by atoms with Crippen LogP contribution in [0.5, 0.6) is 5.75 Å². The van der Waals surface area contributed by atoms with Crippen molar-refractivity contribution >= 4 is 35.2 Å². The predicted molar refractivity (Wildman–Crippen MR) is 154 cm³/mol. The normalized spacial score (nSPS) is 19.5. The second-order valence-corrected chi connectivity index (χ2v) is 10.6. The highest BCUT2D eigenvalue weighted by Crippen LogP contribution is 2.45. The molecule has 43 heavy (non-hydrogen) atoms. The van der Waals surface area contributed by atoms with E-state index >= 15 is 0 Å². The number of Topliss-reactive ketones (excluding diaryl/α,β-unsaturated/α-hetero) is 1. The van der Waals surface area contributed by atoms with Gasteiger partial charge in [-0.25, -0.2) is 9.59 Å². The first-order valence-electron chi connectivity index (χ1n) is 14.0. The second-order valence-electron chi connectivity index (χ2n) is 10.6. The van der Waals surface area contributed by atoms with Crippen molar-refractivity contribution in [1.29, 1.82) is 0 Å². The molecule has 2 amide bonds. The van der Waals surface area contributed by atoms with Gasteiger partial charge in [0.2, 0.25) is 17.6 Å². The minimum Gasteiger partial charge on any atom is -0.457 e. The number of ketones is 1. The molecule has 4 aromatic rings. The van der Waals surface area contributed by atoms with Crippen LogP contribution in [0.25, 0.3) is 0 Å². The van der Waals surface area contributed by atoms with Crippen LogP contribution in [0.1, 0.15) is 62.0 Å². The number of hydrogen-bond donors (Lipinski definition) is 0. The first kappa shape index (κ1) is 27.8. The van der Waals surface area contributed by atoms with Crippen molar-refractivity contribution < 1.29 is 37.9 Å². The van der Waals surface area contributed by atoms with Gasteiger partial charge < -0.3 is 13.9 Å². The summed E-state index contributed by atoms with van der Waals surface area (Å²) >= 11 is 0. The molecule has 0 bridgehead atoms. The molecule has 0 radical (unpaired) electrons. The lowest BCUT2D eigenvalue weighted by Gasteiger charge is -2.28. The van der Waals surface area contributed by atoms with Gasteiger partial charge in [-0.2, -0.15) is 0 Å². The lowest BCUT2D eigenvalue weighted by atomic mass is 9.73. The van der Waals surface area contributed by atoms with Crippen molar-refractivity contribution in [2.75, 3.05) is 11.5 Å². The zero-order valence-corrected chi connectivity index (χ0v) is 23.0. The smallest absolute Gasteiger partial charge is 0.379 e. The number of carbonyl (C=O) groups is 5. The molecule has 2 heterocycles. The summed E-state index contributed by atoms with van der Waals surface area (Å²) in [4.78, 5) is 65.4. The number of nitrogens with zero attached hydrogens (tertiary/aromatic N) is 1. The van der Waals surface area contributed by atoms with Crippen LogP contribution < -0.4 is 9.64 Å². The molecule has 216 valence electrons. The SMILES string of the molecule is O=C(COC(=O)c1cccc(N2C(=O)[C@@H]3CC[C@H](c4ccccc4)C[C@H]3C2=O)c1)c1ccc(OC(=O)c2ccco2)cc1. The molecule has 6 rings (SSSR count). The molecule has 2 aliphatic rings. The minimum atomic E-state index is -0.764. The Kier molecular flexibility index (Phi) is 7.70. The summed E-state index contributed by atoms with van der Waals surface area (Å²) in [6.45, 7) is -0.527. The van der Waals surface area contributed by atoms with E-state index < -0.39 is 30.2 Å². The van der Waals surface area contributed by atoms with E-state index in [1.807, 2.05) is 18.2 Å². The maximum absolute atomic E-state index is 13.4. The van der Waals surface area contributed by atoms with Gasteiger partial charge in [-0.1, -0.05) is 36.4 Å². The van der Waals surface area contributed by atoms with E-state index in [1.54, 1.807) is 18.2 Å². The maximum atomic E-state index is 13.4. The van der Waals surface area contributed by atoms with Gasteiger partial charge in [0, 0.05) is 5.56 Å². The van der Waals surface area contributed by atoms with E-state index in [0.29, 0.717) is 18.5 Å². The molecule has 0 spiro atoms. The highest BCUT2D eigenvalue weighted by Gasteiger charge is 2.50. The van der Waals surface area contributed by atoms with Crippen LogP contribution in [-0.4, -0.2) is 36.1 Å². The Bertz CT molecular complexity index is 1680. The molecule has 1 saturated heterocycles. The Balaban J connectivity index is 1.07. The van der Waals surface area contributed by atoms with Crippen molar-refractivity contribution in [3.8, 4) is 5.75 Å². The van der Waals surface area contributed by atoms with E-state index in [-0.39, 0.29) is 46.3 Å². The largest absolute Gasteiger partial charge is 0.457 e. The van der Waals surface area contributed by atoms with Gasteiger partial charge in [-0.05, 0) is 85.3 Å². The van der Waals surface area contributed by atoms with Gasteiger partial charge in [0.25, 0.3) is 0 Å². The monoisotopic (exact) mass is 577 g/mol. The Morgan fingerprint density at radius 1 is 0.767 bits per heavy atom. The number of anilines is 1. The quantitative estimate of drug-likeness (QED) is 0.115. The van der Waals surface area contributed by atoms with Crippen molar-refractivity contribution in [3.05, 3.63) is 120 Å². The van der Waals surface area contributed by atoms with Crippen molar-refractivity contribution in [1.82, 2.24) is 0 Å². The average Bonchev–Trinajstić information content (AvgIpc) is 3.67. The van der Waals surface area contributed by atoms with E-state index in [2.05, 4.69) is 12.1 Å². The summed E-state index contributed by atoms with van der Waals surface area (Å²) in [5, 5.41) is 0. The highest BCUT2D eigenvalue weighted by molar-refractivity contribution is 6.22. The van der Waals surface area contributed by atoms with E-state index in [4.69, 9.17) is 13.9 Å².